The number of rotatable bonds is 5. The van der Waals surface area contributed by atoms with Gasteiger partial charge in [-0.2, -0.15) is 5.10 Å². The molecule has 9 nitrogen and oxygen atoms in total. The fourth-order valence-corrected chi connectivity index (χ4v) is 3.08. The first kappa shape index (κ1) is 18.9. The molecule has 0 saturated carbocycles. The molecule has 3 aromatic heterocycles. The summed E-state index contributed by atoms with van der Waals surface area (Å²) in [5, 5.41) is 4.57. The third-order valence-electron chi connectivity index (χ3n) is 4.60. The van der Waals surface area contributed by atoms with Gasteiger partial charge in [0, 0.05) is 25.2 Å². The molecular formula is C20H21N5O4. The Hall–Kier alpha value is -3.46. The minimum absolute atomic E-state index is 0.141. The molecule has 4 heterocycles. The molecule has 0 atom stereocenters. The van der Waals surface area contributed by atoms with E-state index in [-0.39, 0.29) is 5.91 Å². The number of morpholine rings is 1. The Morgan fingerprint density at radius 1 is 1.07 bits per heavy atom. The van der Waals surface area contributed by atoms with E-state index in [9.17, 15) is 4.79 Å². The maximum absolute atomic E-state index is 13.0. The summed E-state index contributed by atoms with van der Waals surface area (Å²) in [7, 11) is 3.12. The van der Waals surface area contributed by atoms with Gasteiger partial charge in [-0.1, -0.05) is 6.07 Å². The third kappa shape index (κ3) is 3.90. The average molecular weight is 395 g/mol. The molecule has 150 valence electrons. The highest BCUT2D eigenvalue weighted by atomic mass is 16.5. The molecule has 1 saturated heterocycles. The second-order valence-corrected chi connectivity index (χ2v) is 6.36. The normalized spacial score (nSPS) is 13.9. The van der Waals surface area contributed by atoms with E-state index in [0.717, 1.165) is 0 Å². The Labute approximate surface area is 167 Å². The minimum Gasteiger partial charge on any atom is -0.481 e. The predicted octanol–water partition coefficient (Wildman–Crippen LogP) is 1.82. The first-order valence-electron chi connectivity index (χ1n) is 9.18. The Bertz CT molecular complexity index is 996. The molecule has 1 aliphatic rings. The monoisotopic (exact) mass is 395 g/mol. The molecule has 1 fully saturated rings. The van der Waals surface area contributed by atoms with Crippen molar-refractivity contribution in [2.45, 2.75) is 0 Å². The summed E-state index contributed by atoms with van der Waals surface area (Å²) in [6.45, 7) is 2.14. The lowest BCUT2D eigenvalue weighted by Crippen LogP contribution is -2.40. The minimum atomic E-state index is -0.141. The number of nitrogens with zero attached hydrogens (tertiary/aromatic N) is 5. The Morgan fingerprint density at radius 2 is 1.86 bits per heavy atom. The number of ether oxygens (including phenoxy) is 3. The van der Waals surface area contributed by atoms with Crippen LogP contribution in [-0.2, 0) is 4.74 Å². The van der Waals surface area contributed by atoms with E-state index in [1.54, 1.807) is 48.2 Å². The van der Waals surface area contributed by atoms with Crippen molar-refractivity contribution in [2.75, 3.05) is 40.5 Å². The molecule has 4 rings (SSSR count). The summed E-state index contributed by atoms with van der Waals surface area (Å²) >= 11 is 0. The number of pyridine rings is 2. The number of hydrogen-bond donors (Lipinski definition) is 0. The molecule has 29 heavy (non-hydrogen) atoms. The van der Waals surface area contributed by atoms with Crippen LogP contribution >= 0.6 is 0 Å². The van der Waals surface area contributed by atoms with Crippen LogP contribution < -0.4 is 9.47 Å². The van der Waals surface area contributed by atoms with Crippen LogP contribution in [-0.4, -0.2) is 71.1 Å². The molecule has 1 amide bonds. The van der Waals surface area contributed by atoms with Crippen LogP contribution in [0.1, 0.15) is 10.5 Å². The molecule has 0 spiro atoms. The van der Waals surface area contributed by atoms with E-state index >= 15 is 0 Å². The summed E-state index contributed by atoms with van der Waals surface area (Å²) in [6, 6.07) is 10.8. The number of hydrogen-bond acceptors (Lipinski definition) is 7. The zero-order chi connectivity index (χ0) is 20.2. The van der Waals surface area contributed by atoms with Gasteiger partial charge in [-0.25, -0.2) is 14.6 Å². The zero-order valence-corrected chi connectivity index (χ0v) is 16.2. The topological polar surface area (TPSA) is 91.6 Å². The SMILES string of the molecule is COc1ccc(-n2nc(C(=O)N3CCOCC3)cc2-c2cccc(OC)n2)cn1. The van der Waals surface area contributed by atoms with Crippen LogP contribution in [0.25, 0.3) is 17.1 Å². The molecule has 0 aromatic carbocycles. The van der Waals surface area contributed by atoms with Gasteiger partial charge in [0.25, 0.3) is 5.91 Å². The van der Waals surface area contributed by atoms with Crippen molar-refractivity contribution >= 4 is 5.91 Å². The fourth-order valence-electron chi connectivity index (χ4n) is 3.08. The van der Waals surface area contributed by atoms with Gasteiger partial charge in [0.05, 0.1) is 50.7 Å². The van der Waals surface area contributed by atoms with Crippen molar-refractivity contribution in [3.63, 3.8) is 0 Å². The number of amides is 1. The van der Waals surface area contributed by atoms with Gasteiger partial charge in [0.1, 0.15) is 0 Å². The number of carbonyl (C=O) groups is 1. The molecule has 0 radical (unpaired) electrons. The Kier molecular flexibility index (Phi) is 5.39. The van der Waals surface area contributed by atoms with Crippen LogP contribution in [0, 0.1) is 0 Å². The van der Waals surface area contributed by atoms with E-state index in [1.165, 1.54) is 0 Å². The maximum atomic E-state index is 13.0. The second-order valence-electron chi connectivity index (χ2n) is 6.36. The summed E-state index contributed by atoms with van der Waals surface area (Å²) in [5.74, 6) is 0.827. The lowest BCUT2D eigenvalue weighted by atomic mass is 10.2. The molecule has 9 heteroatoms. The molecular weight excluding hydrogens is 374 g/mol. The highest BCUT2D eigenvalue weighted by Gasteiger charge is 2.24. The van der Waals surface area contributed by atoms with E-state index in [1.807, 2.05) is 18.2 Å². The number of methoxy groups -OCH3 is 2. The molecule has 0 aliphatic carbocycles. The zero-order valence-electron chi connectivity index (χ0n) is 16.2. The summed E-state index contributed by atoms with van der Waals surface area (Å²) in [5.41, 5.74) is 2.31. The van der Waals surface area contributed by atoms with Gasteiger partial charge in [0.2, 0.25) is 11.8 Å². The fraction of sp³-hybridized carbons (Fsp3) is 0.300. The van der Waals surface area contributed by atoms with Gasteiger partial charge in [-0.3, -0.25) is 4.79 Å². The van der Waals surface area contributed by atoms with Gasteiger partial charge in [-0.15, -0.1) is 0 Å². The Balaban J connectivity index is 1.78. The second kappa shape index (κ2) is 8.27. The smallest absolute Gasteiger partial charge is 0.274 e. The molecule has 1 aliphatic heterocycles. The van der Waals surface area contributed by atoms with E-state index in [2.05, 4.69) is 15.1 Å². The maximum Gasteiger partial charge on any atom is 0.274 e. The lowest BCUT2D eigenvalue weighted by Gasteiger charge is -2.25. The molecule has 0 N–H and O–H groups in total. The number of carbonyl (C=O) groups excluding carboxylic acids is 1. The van der Waals surface area contributed by atoms with Crippen LogP contribution in [0.5, 0.6) is 11.8 Å². The van der Waals surface area contributed by atoms with Crippen molar-refractivity contribution in [1.82, 2.24) is 24.6 Å². The largest absolute Gasteiger partial charge is 0.481 e. The highest BCUT2D eigenvalue weighted by Crippen LogP contribution is 2.25. The van der Waals surface area contributed by atoms with E-state index in [4.69, 9.17) is 14.2 Å². The van der Waals surface area contributed by atoms with Gasteiger partial charge >= 0.3 is 0 Å². The standard InChI is InChI=1S/C20H21N5O4/c1-27-18-7-6-14(13-21-18)25-17(15-4-3-5-19(22-15)28-2)12-16(23-25)20(26)24-8-10-29-11-9-24/h3-7,12-13H,8-11H2,1-2H3. The van der Waals surface area contributed by atoms with Crippen molar-refractivity contribution in [3.8, 4) is 28.8 Å². The van der Waals surface area contributed by atoms with Crippen molar-refractivity contribution in [1.29, 1.82) is 0 Å². The van der Waals surface area contributed by atoms with Crippen molar-refractivity contribution in [3.05, 3.63) is 48.3 Å². The van der Waals surface area contributed by atoms with E-state index in [0.29, 0.717) is 60.8 Å². The highest BCUT2D eigenvalue weighted by molar-refractivity contribution is 5.93. The van der Waals surface area contributed by atoms with Gasteiger partial charge < -0.3 is 19.1 Å². The van der Waals surface area contributed by atoms with Crippen molar-refractivity contribution in [2.24, 2.45) is 0 Å². The quantitative estimate of drug-likeness (QED) is 0.651. The van der Waals surface area contributed by atoms with Crippen LogP contribution in [0.3, 0.4) is 0 Å². The third-order valence-corrected chi connectivity index (χ3v) is 4.60. The van der Waals surface area contributed by atoms with Crippen LogP contribution in [0.2, 0.25) is 0 Å². The van der Waals surface area contributed by atoms with E-state index < -0.39 is 0 Å². The molecule has 0 bridgehead atoms. The summed E-state index contributed by atoms with van der Waals surface area (Å²) < 4.78 is 17.4. The van der Waals surface area contributed by atoms with Crippen LogP contribution in [0.15, 0.2) is 42.6 Å². The van der Waals surface area contributed by atoms with Crippen molar-refractivity contribution < 1.29 is 19.0 Å². The first-order chi connectivity index (χ1) is 14.2. The first-order valence-corrected chi connectivity index (χ1v) is 9.18. The predicted molar refractivity (Wildman–Crippen MR) is 104 cm³/mol. The number of aromatic nitrogens is 4. The van der Waals surface area contributed by atoms with Crippen LogP contribution in [0.4, 0.5) is 0 Å². The average Bonchev–Trinajstić information content (AvgIpc) is 3.25. The van der Waals surface area contributed by atoms with Gasteiger partial charge in [-0.05, 0) is 18.2 Å². The van der Waals surface area contributed by atoms with Gasteiger partial charge in [0.15, 0.2) is 5.69 Å². The summed E-state index contributed by atoms with van der Waals surface area (Å²) in [6.07, 6.45) is 1.64. The molecule has 0 unspecified atom stereocenters. The molecule has 3 aromatic rings. The summed E-state index contributed by atoms with van der Waals surface area (Å²) in [4.78, 5) is 23.4. The Morgan fingerprint density at radius 3 is 2.55 bits per heavy atom. The lowest BCUT2D eigenvalue weighted by molar-refractivity contribution is 0.0298.